The van der Waals surface area contributed by atoms with E-state index in [2.05, 4.69) is 20.6 Å². The Labute approximate surface area is 77.7 Å². The van der Waals surface area contributed by atoms with Gasteiger partial charge < -0.3 is 9.63 Å². The van der Waals surface area contributed by atoms with Crippen molar-refractivity contribution < 1.29 is 14.4 Å². The number of hydrogen-bond acceptors (Lipinski definition) is 5. The Morgan fingerprint density at radius 2 is 2.50 bits per heavy atom. The Hall–Kier alpha value is -2.18. The summed E-state index contributed by atoms with van der Waals surface area (Å²) in [5.41, 5.74) is 0.852. The Morgan fingerprint density at radius 1 is 1.64 bits per heavy atom. The Morgan fingerprint density at radius 3 is 3.14 bits per heavy atom. The van der Waals surface area contributed by atoms with Crippen LogP contribution in [-0.2, 0) is 11.2 Å². The lowest BCUT2D eigenvalue weighted by molar-refractivity contribution is -0.136. The lowest BCUT2D eigenvalue weighted by Crippen LogP contribution is -1.99. The van der Waals surface area contributed by atoms with Crippen LogP contribution in [0, 0.1) is 0 Å². The summed E-state index contributed by atoms with van der Waals surface area (Å²) in [5, 5.41) is 21.8. The van der Waals surface area contributed by atoms with E-state index in [1.165, 1.54) is 12.3 Å². The van der Waals surface area contributed by atoms with Gasteiger partial charge in [-0.25, -0.2) is 0 Å². The highest BCUT2D eigenvalue weighted by Crippen LogP contribution is 2.16. The smallest absolute Gasteiger partial charge is 0.309 e. The zero-order chi connectivity index (χ0) is 9.97. The second kappa shape index (κ2) is 3.29. The quantitative estimate of drug-likeness (QED) is 0.717. The van der Waals surface area contributed by atoms with Crippen LogP contribution in [0.3, 0.4) is 0 Å². The highest BCUT2D eigenvalue weighted by molar-refractivity contribution is 5.70. The third-order valence-corrected chi connectivity index (χ3v) is 1.56. The van der Waals surface area contributed by atoms with E-state index in [0.717, 1.165) is 0 Å². The molecule has 0 fully saturated rings. The molecule has 7 heteroatoms. The summed E-state index contributed by atoms with van der Waals surface area (Å²) in [7, 11) is 0. The molecule has 0 spiro atoms. The molecule has 0 saturated heterocycles. The van der Waals surface area contributed by atoms with Crippen LogP contribution < -0.4 is 0 Å². The normalized spacial score (nSPS) is 10.3. The number of nitrogens with one attached hydrogen (secondary N) is 1. The minimum atomic E-state index is -0.954. The lowest BCUT2D eigenvalue weighted by atomic mass is 10.2. The summed E-state index contributed by atoms with van der Waals surface area (Å²) in [6.45, 7) is 0. The topological polar surface area (TPSA) is 105 Å². The van der Waals surface area contributed by atoms with Gasteiger partial charge in [0.15, 0.2) is 11.5 Å². The van der Waals surface area contributed by atoms with Crippen LogP contribution in [0.1, 0.15) is 5.69 Å². The van der Waals surface area contributed by atoms with Crippen molar-refractivity contribution in [2.24, 2.45) is 0 Å². The molecule has 0 aliphatic heterocycles. The van der Waals surface area contributed by atoms with Crippen LogP contribution in [-0.4, -0.2) is 31.6 Å². The summed E-state index contributed by atoms with van der Waals surface area (Å²) in [6, 6.07) is 1.52. The summed E-state index contributed by atoms with van der Waals surface area (Å²) >= 11 is 0. The minimum absolute atomic E-state index is 0.165. The molecular weight excluding hydrogens is 188 g/mol. The molecule has 2 rings (SSSR count). The summed E-state index contributed by atoms with van der Waals surface area (Å²) in [6.07, 6.45) is 1.30. The van der Waals surface area contributed by atoms with Crippen LogP contribution >= 0.6 is 0 Å². The summed E-state index contributed by atoms with van der Waals surface area (Å²) in [4.78, 5) is 10.3. The van der Waals surface area contributed by atoms with Gasteiger partial charge in [0, 0.05) is 6.07 Å². The number of carbonyl (C=O) groups is 1. The maximum absolute atomic E-state index is 10.3. The molecule has 0 atom stereocenters. The van der Waals surface area contributed by atoms with Crippen LogP contribution in [0.5, 0.6) is 0 Å². The third-order valence-electron chi connectivity index (χ3n) is 1.56. The molecule has 2 heterocycles. The first-order chi connectivity index (χ1) is 6.75. The zero-order valence-electron chi connectivity index (χ0n) is 6.97. The molecule has 0 radical (unpaired) electrons. The number of aromatic nitrogens is 4. The zero-order valence-corrected chi connectivity index (χ0v) is 6.97. The van der Waals surface area contributed by atoms with E-state index >= 15 is 0 Å². The molecule has 14 heavy (non-hydrogen) atoms. The van der Waals surface area contributed by atoms with Gasteiger partial charge in [-0.2, -0.15) is 15.4 Å². The average molecular weight is 194 g/mol. The molecule has 2 N–H and O–H groups in total. The predicted molar refractivity (Wildman–Crippen MR) is 43.2 cm³/mol. The number of hydrogen-bond donors (Lipinski definition) is 2. The van der Waals surface area contributed by atoms with Crippen molar-refractivity contribution in [2.75, 3.05) is 0 Å². The Kier molecular flexibility index (Phi) is 1.98. The van der Waals surface area contributed by atoms with Crippen molar-refractivity contribution in [3.05, 3.63) is 18.0 Å². The fourth-order valence-electron chi connectivity index (χ4n) is 0.991. The summed E-state index contributed by atoms with van der Waals surface area (Å²) in [5.74, 6) is -0.556. The SMILES string of the molecule is O=C(O)Cc1cc(-c2cn[nH]n2)on1. The van der Waals surface area contributed by atoms with Crippen molar-refractivity contribution in [2.45, 2.75) is 6.42 Å². The number of rotatable bonds is 3. The molecular formula is C7H6N4O3. The number of carboxylic acids is 1. The molecule has 0 amide bonds. The van der Waals surface area contributed by atoms with Crippen LogP contribution in [0.4, 0.5) is 0 Å². The third kappa shape index (κ3) is 1.60. The van der Waals surface area contributed by atoms with E-state index in [1.807, 2.05) is 0 Å². The molecule has 7 nitrogen and oxygen atoms in total. The van der Waals surface area contributed by atoms with Gasteiger partial charge in [-0.3, -0.25) is 4.79 Å². The van der Waals surface area contributed by atoms with Crippen LogP contribution in [0.15, 0.2) is 16.8 Å². The van der Waals surface area contributed by atoms with E-state index in [1.54, 1.807) is 0 Å². The molecule has 0 aliphatic carbocycles. The van der Waals surface area contributed by atoms with E-state index in [9.17, 15) is 4.79 Å². The highest BCUT2D eigenvalue weighted by atomic mass is 16.5. The van der Waals surface area contributed by atoms with Crippen molar-refractivity contribution in [1.29, 1.82) is 0 Å². The van der Waals surface area contributed by atoms with Gasteiger partial charge in [0.05, 0.1) is 18.3 Å². The Bertz CT molecular complexity index is 433. The monoisotopic (exact) mass is 194 g/mol. The van der Waals surface area contributed by atoms with Crippen LogP contribution in [0.2, 0.25) is 0 Å². The minimum Gasteiger partial charge on any atom is -0.481 e. The molecule has 2 aromatic rings. The van der Waals surface area contributed by atoms with Crippen molar-refractivity contribution in [1.82, 2.24) is 20.6 Å². The number of nitrogens with zero attached hydrogens (tertiary/aromatic N) is 3. The van der Waals surface area contributed by atoms with Gasteiger partial charge >= 0.3 is 5.97 Å². The molecule has 72 valence electrons. The fraction of sp³-hybridized carbons (Fsp3) is 0.143. The first kappa shape index (κ1) is 8.42. The van der Waals surface area contributed by atoms with E-state index in [0.29, 0.717) is 17.1 Å². The van der Waals surface area contributed by atoms with Crippen molar-refractivity contribution in [3.8, 4) is 11.5 Å². The predicted octanol–water partition coefficient (Wildman–Crippen LogP) is 0.0868. The second-order valence-electron chi connectivity index (χ2n) is 2.61. The van der Waals surface area contributed by atoms with E-state index in [-0.39, 0.29) is 6.42 Å². The molecule has 2 aromatic heterocycles. The molecule has 0 aliphatic rings. The molecule has 0 bridgehead atoms. The number of H-pyrrole nitrogens is 1. The van der Waals surface area contributed by atoms with Gasteiger partial charge in [-0.1, -0.05) is 5.16 Å². The first-order valence-corrected chi connectivity index (χ1v) is 3.79. The molecule has 0 saturated carbocycles. The number of aliphatic carboxylic acids is 1. The van der Waals surface area contributed by atoms with E-state index < -0.39 is 5.97 Å². The number of aromatic amines is 1. The van der Waals surface area contributed by atoms with E-state index in [4.69, 9.17) is 9.63 Å². The maximum atomic E-state index is 10.3. The maximum Gasteiger partial charge on any atom is 0.309 e. The van der Waals surface area contributed by atoms with Gasteiger partial charge in [-0.05, 0) is 0 Å². The van der Waals surface area contributed by atoms with Gasteiger partial charge in [0.1, 0.15) is 0 Å². The van der Waals surface area contributed by atoms with Crippen LogP contribution in [0.25, 0.3) is 11.5 Å². The number of carboxylic acid groups (broad SMARTS) is 1. The fourth-order valence-corrected chi connectivity index (χ4v) is 0.991. The first-order valence-electron chi connectivity index (χ1n) is 3.79. The van der Waals surface area contributed by atoms with Gasteiger partial charge in [-0.15, -0.1) is 0 Å². The lowest BCUT2D eigenvalue weighted by Gasteiger charge is -1.83. The average Bonchev–Trinajstić information content (AvgIpc) is 2.69. The van der Waals surface area contributed by atoms with Crippen molar-refractivity contribution in [3.63, 3.8) is 0 Å². The summed E-state index contributed by atoms with van der Waals surface area (Å²) < 4.78 is 4.87. The Balaban J connectivity index is 2.22. The van der Waals surface area contributed by atoms with Crippen molar-refractivity contribution >= 4 is 5.97 Å². The largest absolute Gasteiger partial charge is 0.481 e. The standard InChI is InChI=1S/C7H6N4O3/c12-7(13)2-4-1-6(14-10-4)5-3-8-11-9-5/h1,3H,2H2,(H,12,13)(H,8,9,11). The van der Waals surface area contributed by atoms with Gasteiger partial charge in [0.25, 0.3) is 0 Å². The van der Waals surface area contributed by atoms with Gasteiger partial charge in [0.2, 0.25) is 0 Å². The molecule has 0 unspecified atom stereocenters. The highest BCUT2D eigenvalue weighted by Gasteiger charge is 2.10. The molecule has 0 aromatic carbocycles. The second-order valence-corrected chi connectivity index (χ2v) is 2.61.